The zero-order valence-corrected chi connectivity index (χ0v) is 12.7. The second kappa shape index (κ2) is 6.57. The van der Waals surface area contributed by atoms with E-state index in [0.717, 1.165) is 31.2 Å². The maximum Gasteiger partial charge on any atom is 0.347 e. The van der Waals surface area contributed by atoms with E-state index >= 15 is 0 Å². The third-order valence-corrected chi connectivity index (χ3v) is 3.54. The van der Waals surface area contributed by atoms with Crippen molar-refractivity contribution in [3.63, 3.8) is 0 Å². The van der Waals surface area contributed by atoms with E-state index in [1.54, 1.807) is 13.2 Å². The van der Waals surface area contributed by atoms with E-state index in [1.807, 2.05) is 12.1 Å². The molecule has 0 bridgehead atoms. The van der Waals surface area contributed by atoms with Crippen LogP contribution in [0.25, 0.3) is 11.0 Å². The van der Waals surface area contributed by atoms with Crippen molar-refractivity contribution in [3.05, 3.63) is 39.7 Å². The molecule has 0 aliphatic rings. The Labute approximate surface area is 123 Å². The zero-order chi connectivity index (χ0) is 15.4. The van der Waals surface area contributed by atoms with Gasteiger partial charge in [0.15, 0.2) is 5.78 Å². The second-order valence-corrected chi connectivity index (χ2v) is 5.17. The van der Waals surface area contributed by atoms with Crippen molar-refractivity contribution >= 4 is 16.8 Å². The topological polar surface area (TPSA) is 56.5 Å². The van der Waals surface area contributed by atoms with Crippen LogP contribution >= 0.6 is 0 Å². The van der Waals surface area contributed by atoms with E-state index in [9.17, 15) is 9.59 Å². The molecule has 2 rings (SSSR count). The summed E-state index contributed by atoms with van der Waals surface area (Å²) in [7, 11) is 1.57. The first-order valence-electron chi connectivity index (χ1n) is 7.22. The molecule has 4 heteroatoms. The lowest BCUT2D eigenvalue weighted by Crippen LogP contribution is -2.11. The van der Waals surface area contributed by atoms with Gasteiger partial charge in [0, 0.05) is 0 Å². The highest BCUT2D eigenvalue weighted by molar-refractivity contribution is 5.97. The lowest BCUT2D eigenvalue weighted by atomic mass is 10.0. The molecular formula is C17H20O4. The number of benzene rings is 1. The number of rotatable bonds is 6. The Kier molecular flexibility index (Phi) is 4.78. The van der Waals surface area contributed by atoms with Gasteiger partial charge < -0.3 is 9.15 Å². The number of carbonyl (C=O) groups is 1. The summed E-state index contributed by atoms with van der Waals surface area (Å²) < 4.78 is 10.7. The minimum absolute atomic E-state index is 0.0551. The molecule has 0 saturated heterocycles. The van der Waals surface area contributed by atoms with E-state index < -0.39 is 5.63 Å². The highest BCUT2D eigenvalue weighted by Crippen LogP contribution is 2.28. The smallest absolute Gasteiger partial charge is 0.347 e. The van der Waals surface area contributed by atoms with Crippen molar-refractivity contribution in [1.29, 1.82) is 0 Å². The highest BCUT2D eigenvalue weighted by Gasteiger charge is 2.13. The summed E-state index contributed by atoms with van der Waals surface area (Å²) >= 11 is 0. The summed E-state index contributed by atoms with van der Waals surface area (Å²) in [6, 6.07) is 5.36. The molecule has 0 radical (unpaired) electrons. The maximum absolute atomic E-state index is 11.8. The number of hydrogen-bond acceptors (Lipinski definition) is 4. The van der Waals surface area contributed by atoms with Gasteiger partial charge >= 0.3 is 5.63 Å². The summed E-state index contributed by atoms with van der Waals surface area (Å²) in [4.78, 5) is 23.3. The largest absolute Gasteiger partial charge is 0.496 e. The second-order valence-electron chi connectivity index (χ2n) is 5.17. The van der Waals surface area contributed by atoms with Crippen LogP contribution in [0.15, 0.2) is 27.4 Å². The molecule has 0 atom stereocenters. The highest BCUT2D eigenvalue weighted by atomic mass is 16.5. The normalized spacial score (nSPS) is 10.8. The Balaban J connectivity index is 2.53. The average molecular weight is 288 g/mol. The zero-order valence-electron chi connectivity index (χ0n) is 12.7. The van der Waals surface area contributed by atoms with E-state index in [0.29, 0.717) is 16.7 Å². The van der Waals surface area contributed by atoms with Crippen LogP contribution in [0.4, 0.5) is 0 Å². The van der Waals surface area contributed by atoms with E-state index in [4.69, 9.17) is 9.15 Å². The maximum atomic E-state index is 11.8. The lowest BCUT2D eigenvalue weighted by Gasteiger charge is -2.09. The molecule has 0 aliphatic carbocycles. The van der Waals surface area contributed by atoms with E-state index in [1.165, 1.54) is 6.92 Å². The molecule has 21 heavy (non-hydrogen) atoms. The fraction of sp³-hybridized carbons (Fsp3) is 0.412. The van der Waals surface area contributed by atoms with E-state index in [-0.39, 0.29) is 11.3 Å². The van der Waals surface area contributed by atoms with Crippen molar-refractivity contribution in [2.45, 2.75) is 39.5 Å². The molecule has 2 aromatic rings. The van der Waals surface area contributed by atoms with Crippen molar-refractivity contribution in [3.8, 4) is 5.75 Å². The van der Waals surface area contributed by atoms with Crippen molar-refractivity contribution < 1.29 is 13.9 Å². The quantitative estimate of drug-likeness (QED) is 0.461. The molecule has 0 unspecified atom stereocenters. The predicted octanol–water partition coefficient (Wildman–Crippen LogP) is 3.74. The first-order valence-corrected chi connectivity index (χ1v) is 7.22. The Morgan fingerprint density at radius 2 is 2.00 bits per heavy atom. The summed E-state index contributed by atoms with van der Waals surface area (Å²) in [5.74, 6) is 0.324. The van der Waals surface area contributed by atoms with Gasteiger partial charge in [0.05, 0.1) is 12.5 Å². The molecule has 0 saturated carbocycles. The minimum Gasteiger partial charge on any atom is -0.496 e. The van der Waals surface area contributed by atoms with Crippen LogP contribution in [0, 0.1) is 0 Å². The van der Waals surface area contributed by atoms with Crippen LogP contribution in [-0.2, 0) is 6.42 Å². The Morgan fingerprint density at radius 1 is 1.24 bits per heavy atom. The number of hydrogen-bond donors (Lipinski definition) is 0. The summed E-state index contributed by atoms with van der Waals surface area (Å²) in [5, 5.41) is 0.654. The Bertz CT molecular complexity index is 713. The number of aryl methyl sites for hydroxylation is 1. The SMILES string of the molecule is CCCCCc1cc(OC)c2cc(C(C)=O)c(=O)oc2c1. The molecule has 0 aliphatic heterocycles. The van der Waals surface area contributed by atoms with Crippen LogP contribution in [0.3, 0.4) is 0 Å². The number of Topliss-reactive ketones (excluding diaryl/α,β-unsaturated/α-hetero) is 1. The number of ether oxygens (including phenoxy) is 1. The van der Waals surface area contributed by atoms with Crippen molar-refractivity contribution in [2.75, 3.05) is 7.11 Å². The summed E-state index contributed by atoms with van der Waals surface area (Å²) in [6.45, 7) is 3.51. The van der Waals surface area contributed by atoms with Gasteiger partial charge in [-0.3, -0.25) is 4.79 Å². The molecule has 112 valence electrons. The third kappa shape index (κ3) is 3.32. The monoisotopic (exact) mass is 288 g/mol. The number of ketones is 1. The molecule has 1 heterocycles. The van der Waals surface area contributed by atoms with Crippen LogP contribution < -0.4 is 10.4 Å². The van der Waals surface area contributed by atoms with Crippen LogP contribution in [0.1, 0.15) is 49.0 Å². The van der Waals surface area contributed by atoms with Gasteiger partial charge in [-0.25, -0.2) is 4.79 Å². The molecule has 0 spiro atoms. The fourth-order valence-corrected chi connectivity index (χ4v) is 2.38. The van der Waals surface area contributed by atoms with Crippen LogP contribution in [0.2, 0.25) is 0 Å². The molecule has 4 nitrogen and oxygen atoms in total. The third-order valence-electron chi connectivity index (χ3n) is 3.54. The van der Waals surface area contributed by atoms with Gasteiger partial charge in [0.25, 0.3) is 0 Å². The van der Waals surface area contributed by atoms with Crippen LogP contribution in [-0.4, -0.2) is 12.9 Å². The Hall–Kier alpha value is -2.10. The molecular weight excluding hydrogens is 268 g/mol. The van der Waals surface area contributed by atoms with Crippen molar-refractivity contribution in [2.24, 2.45) is 0 Å². The van der Waals surface area contributed by atoms with Gasteiger partial charge in [-0.15, -0.1) is 0 Å². The Morgan fingerprint density at radius 3 is 2.62 bits per heavy atom. The molecule has 0 amide bonds. The van der Waals surface area contributed by atoms with Crippen LogP contribution in [0.5, 0.6) is 5.75 Å². The summed E-state index contributed by atoms with van der Waals surface area (Å²) in [5.41, 5.74) is 1.00. The molecule has 0 N–H and O–H groups in total. The number of fused-ring (bicyclic) bond motifs is 1. The molecule has 0 fully saturated rings. The number of unbranched alkanes of at least 4 members (excludes halogenated alkanes) is 2. The fourth-order valence-electron chi connectivity index (χ4n) is 2.38. The first kappa shape index (κ1) is 15.3. The van der Waals surface area contributed by atoms with Gasteiger partial charge in [0.1, 0.15) is 16.9 Å². The van der Waals surface area contributed by atoms with E-state index in [2.05, 4.69) is 6.92 Å². The average Bonchev–Trinajstić information content (AvgIpc) is 2.45. The summed E-state index contributed by atoms with van der Waals surface area (Å²) in [6.07, 6.45) is 4.31. The van der Waals surface area contributed by atoms with Gasteiger partial charge in [-0.2, -0.15) is 0 Å². The van der Waals surface area contributed by atoms with Crippen molar-refractivity contribution in [1.82, 2.24) is 0 Å². The standard InChI is InChI=1S/C17H20O4/c1-4-5-6-7-12-8-15(20-3)14-10-13(11(2)18)17(19)21-16(14)9-12/h8-10H,4-7H2,1-3H3. The number of methoxy groups -OCH3 is 1. The van der Waals surface area contributed by atoms with Gasteiger partial charge in [0.2, 0.25) is 0 Å². The first-order chi connectivity index (χ1) is 10.1. The number of carbonyl (C=O) groups excluding carboxylic acids is 1. The minimum atomic E-state index is -0.595. The molecule has 1 aromatic heterocycles. The molecule has 1 aromatic carbocycles. The predicted molar refractivity (Wildman–Crippen MR) is 82.3 cm³/mol. The van der Waals surface area contributed by atoms with Gasteiger partial charge in [-0.05, 0) is 43.5 Å². The van der Waals surface area contributed by atoms with Gasteiger partial charge in [-0.1, -0.05) is 19.8 Å². The lowest BCUT2D eigenvalue weighted by molar-refractivity contribution is 0.101.